The van der Waals surface area contributed by atoms with Crippen molar-refractivity contribution in [2.45, 2.75) is 13.5 Å². The standard InChI is InChI=1S/C13H15FN4O/c1-10(19)17(2)15-9-12-7-8-18(16-12)13-5-3-11(14)4-6-13/h3-8,15H,9H2,1-2H3. The number of hydrogen-bond donors (Lipinski definition) is 1. The Morgan fingerprint density at radius 1 is 1.37 bits per heavy atom. The summed E-state index contributed by atoms with van der Waals surface area (Å²) in [6.45, 7) is 1.92. The lowest BCUT2D eigenvalue weighted by atomic mass is 10.3. The van der Waals surface area contributed by atoms with Crippen LogP contribution in [0.25, 0.3) is 5.69 Å². The van der Waals surface area contributed by atoms with Gasteiger partial charge in [0, 0.05) is 20.2 Å². The van der Waals surface area contributed by atoms with E-state index in [2.05, 4.69) is 10.5 Å². The zero-order valence-electron chi connectivity index (χ0n) is 10.8. The summed E-state index contributed by atoms with van der Waals surface area (Å²) in [6.07, 6.45) is 1.79. The molecule has 100 valence electrons. The molecule has 1 heterocycles. The second-order valence-corrected chi connectivity index (χ2v) is 4.14. The Bertz CT molecular complexity index is 564. The van der Waals surface area contributed by atoms with Crippen LogP contribution in [0.3, 0.4) is 0 Å². The minimum atomic E-state index is -0.277. The van der Waals surface area contributed by atoms with E-state index in [0.717, 1.165) is 11.4 Å². The number of hydrogen-bond acceptors (Lipinski definition) is 3. The topological polar surface area (TPSA) is 50.2 Å². The monoisotopic (exact) mass is 262 g/mol. The number of amides is 1. The molecule has 19 heavy (non-hydrogen) atoms. The van der Waals surface area contributed by atoms with Crippen molar-refractivity contribution in [3.63, 3.8) is 0 Å². The second-order valence-electron chi connectivity index (χ2n) is 4.14. The Morgan fingerprint density at radius 3 is 2.68 bits per heavy atom. The minimum absolute atomic E-state index is 0.0713. The highest BCUT2D eigenvalue weighted by molar-refractivity contribution is 5.72. The number of halogens is 1. The van der Waals surface area contributed by atoms with Gasteiger partial charge >= 0.3 is 0 Å². The van der Waals surface area contributed by atoms with Crippen molar-refractivity contribution in [2.75, 3.05) is 7.05 Å². The molecule has 0 aliphatic heterocycles. The van der Waals surface area contributed by atoms with Gasteiger partial charge in [0.15, 0.2) is 0 Å². The molecule has 0 fully saturated rings. The number of rotatable bonds is 4. The van der Waals surface area contributed by atoms with Gasteiger partial charge in [0.2, 0.25) is 5.91 Å². The van der Waals surface area contributed by atoms with Gasteiger partial charge in [-0.25, -0.2) is 14.5 Å². The summed E-state index contributed by atoms with van der Waals surface area (Å²) >= 11 is 0. The van der Waals surface area contributed by atoms with Gasteiger partial charge in [-0.15, -0.1) is 0 Å². The van der Waals surface area contributed by atoms with Crippen LogP contribution in [0.15, 0.2) is 36.5 Å². The average Bonchev–Trinajstić information content (AvgIpc) is 2.85. The molecule has 0 spiro atoms. The maximum absolute atomic E-state index is 12.8. The lowest BCUT2D eigenvalue weighted by Gasteiger charge is -2.14. The van der Waals surface area contributed by atoms with E-state index in [1.54, 1.807) is 30.1 Å². The van der Waals surface area contributed by atoms with Crippen LogP contribution in [-0.2, 0) is 11.3 Å². The van der Waals surface area contributed by atoms with Crippen molar-refractivity contribution in [1.82, 2.24) is 20.2 Å². The summed E-state index contributed by atoms with van der Waals surface area (Å²) in [6, 6.07) is 7.92. The maximum atomic E-state index is 12.8. The van der Waals surface area contributed by atoms with Crippen LogP contribution in [0.4, 0.5) is 4.39 Å². The normalized spacial score (nSPS) is 10.5. The van der Waals surface area contributed by atoms with Gasteiger partial charge in [-0.2, -0.15) is 5.10 Å². The lowest BCUT2D eigenvalue weighted by molar-refractivity contribution is -0.130. The summed E-state index contributed by atoms with van der Waals surface area (Å²) in [4.78, 5) is 11.0. The predicted molar refractivity (Wildman–Crippen MR) is 68.8 cm³/mol. The first-order valence-electron chi connectivity index (χ1n) is 5.84. The van der Waals surface area contributed by atoms with Gasteiger partial charge < -0.3 is 0 Å². The summed E-state index contributed by atoms with van der Waals surface area (Å²) in [5, 5.41) is 5.73. The Kier molecular flexibility index (Phi) is 3.91. The molecule has 1 aromatic heterocycles. The van der Waals surface area contributed by atoms with Crippen LogP contribution in [0.1, 0.15) is 12.6 Å². The number of nitrogens with one attached hydrogen (secondary N) is 1. The molecular weight excluding hydrogens is 247 g/mol. The number of hydrazine groups is 1. The molecule has 0 aliphatic rings. The third-order valence-electron chi connectivity index (χ3n) is 2.71. The van der Waals surface area contributed by atoms with E-state index in [-0.39, 0.29) is 11.7 Å². The fourth-order valence-electron chi connectivity index (χ4n) is 1.50. The van der Waals surface area contributed by atoms with Gasteiger partial charge in [0.1, 0.15) is 5.82 Å². The zero-order valence-corrected chi connectivity index (χ0v) is 10.8. The van der Waals surface area contributed by atoms with Crippen LogP contribution >= 0.6 is 0 Å². The summed E-state index contributed by atoms with van der Waals surface area (Å²) in [5.74, 6) is -0.348. The second kappa shape index (κ2) is 5.62. The van der Waals surface area contributed by atoms with Gasteiger partial charge in [-0.1, -0.05) is 0 Å². The molecule has 0 saturated heterocycles. The first-order chi connectivity index (χ1) is 9.06. The molecule has 0 radical (unpaired) electrons. The first kappa shape index (κ1) is 13.2. The van der Waals surface area contributed by atoms with Crippen LogP contribution < -0.4 is 5.43 Å². The molecule has 0 aliphatic carbocycles. The largest absolute Gasteiger partial charge is 0.281 e. The number of aromatic nitrogens is 2. The highest BCUT2D eigenvalue weighted by atomic mass is 19.1. The SMILES string of the molecule is CC(=O)N(C)NCc1ccn(-c2ccc(F)cc2)n1. The first-order valence-corrected chi connectivity index (χ1v) is 5.84. The zero-order chi connectivity index (χ0) is 13.8. The molecule has 6 heteroatoms. The highest BCUT2D eigenvalue weighted by Crippen LogP contribution is 2.08. The molecule has 0 bridgehead atoms. The highest BCUT2D eigenvalue weighted by Gasteiger charge is 2.04. The molecule has 1 amide bonds. The quantitative estimate of drug-likeness (QED) is 0.849. The van der Waals surface area contributed by atoms with Crippen LogP contribution in [0, 0.1) is 5.82 Å². The average molecular weight is 262 g/mol. The van der Waals surface area contributed by atoms with Gasteiger partial charge in [-0.05, 0) is 30.3 Å². The van der Waals surface area contributed by atoms with E-state index in [9.17, 15) is 9.18 Å². The third kappa shape index (κ3) is 3.38. The fourth-order valence-corrected chi connectivity index (χ4v) is 1.50. The predicted octanol–water partition coefficient (Wildman–Crippen LogP) is 1.49. The minimum Gasteiger partial charge on any atom is -0.281 e. The Morgan fingerprint density at radius 2 is 2.05 bits per heavy atom. The van der Waals surface area contributed by atoms with Gasteiger partial charge in [0.05, 0.1) is 17.9 Å². The number of carbonyl (C=O) groups is 1. The van der Waals surface area contributed by atoms with Crippen LogP contribution in [0.5, 0.6) is 0 Å². The Hall–Kier alpha value is -2.21. The molecule has 1 aromatic carbocycles. The van der Waals surface area contributed by atoms with Crippen molar-refractivity contribution in [2.24, 2.45) is 0 Å². The van der Waals surface area contributed by atoms with E-state index in [1.165, 1.54) is 24.1 Å². The van der Waals surface area contributed by atoms with E-state index in [1.807, 2.05) is 6.07 Å². The molecule has 0 saturated carbocycles. The molecule has 1 N–H and O–H groups in total. The smallest absolute Gasteiger partial charge is 0.233 e. The number of benzene rings is 1. The summed E-state index contributed by atoms with van der Waals surface area (Å²) < 4.78 is 14.5. The molecule has 0 unspecified atom stereocenters. The van der Waals surface area contributed by atoms with E-state index >= 15 is 0 Å². The summed E-state index contributed by atoms with van der Waals surface area (Å²) in [5.41, 5.74) is 4.49. The van der Waals surface area contributed by atoms with Crippen molar-refractivity contribution in [3.8, 4) is 5.69 Å². The lowest BCUT2D eigenvalue weighted by Crippen LogP contribution is -2.37. The van der Waals surface area contributed by atoms with Crippen molar-refractivity contribution in [1.29, 1.82) is 0 Å². The van der Waals surface area contributed by atoms with Crippen molar-refractivity contribution in [3.05, 3.63) is 48.0 Å². The number of nitrogens with zero attached hydrogens (tertiary/aromatic N) is 3. The van der Waals surface area contributed by atoms with Crippen molar-refractivity contribution >= 4 is 5.91 Å². The summed E-state index contributed by atoms with van der Waals surface area (Å²) in [7, 11) is 1.65. The van der Waals surface area contributed by atoms with Crippen LogP contribution in [0.2, 0.25) is 0 Å². The van der Waals surface area contributed by atoms with Gasteiger partial charge in [-0.3, -0.25) is 9.80 Å². The maximum Gasteiger partial charge on any atom is 0.233 e. The molecule has 5 nitrogen and oxygen atoms in total. The molecular formula is C13H15FN4O. The van der Waals surface area contributed by atoms with Gasteiger partial charge in [0.25, 0.3) is 0 Å². The molecule has 2 aromatic rings. The molecule has 2 rings (SSSR count). The Labute approximate surface area is 110 Å². The van der Waals surface area contributed by atoms with Crippen molar-refractivity contribution < 1.29 is 9.18 Å². The Balaban J connectivity index is 2.03. The number of carbonyl (C=O) groups excluding carboxylic acids is 1. The third-order valence-corrected chi connectivity index (χ3v) is 2.71. The van der Waals surface area contributed by atoms with E-state index < -0.39 is 0 Å². The fraction of sp³-hybridized carbons (Fsp3) is 0.231. The van der Waals surface area contributed by atoms with E-state index in [0.29, 0.717) is 6.54 Å². The van der Waals surface area contributed by atoms with Crippen LogP contribution in [-0.4, -0.2) is 27.7 Å². The van der Waals surface area contributed by atoms with E-state index in [4.69, 9.17) is 0 Å². The molecule has 0 atom stereocenters.